The number of amides is 1. The Hall–Kier alpha value is -2.38. The molecule has 2 aromatic rings. The number of hydrogen-bond donors (Lipinski definition) is 2. The molecule has 2 rings (SSSR count). The molecule has 0 fully saturated rings. The normalized spacial score (nSPS) is 10.5. The average molecular weight is 305 g/mol. The van der Waals surface area contributed by atoms with Crippen LogP contribution in [0.2, 0.25) is 0 Å². The molecule has 0 atom stereocenters. The van der Waals surface area contributed by atoms with Crippen molar-refractivity contribution in [1.29, 1.82) is 0 Å². The molecule has 0 aliphatic heterocycles. The maximum atomic E-state index is 11.5. The number of benzene rings is 1. The molecule has 0 bridgehead atoms. The van der Waals surface area contributed by atoms with E-state index in [2.05, 4.69) is 5.16 Å². The maximum absolute atomic E-state index is 11.5. The second-order valence-electron chi connectivity index (χ2n) is 4.53. The van der Waals surface area contributed by atoms with E-state index in [4.69, 9.17) is 19.8 Å². The lowest BCUT2D eigenvalue weighted by atomic mass is 10.1. The molecule has 3 N–H and O–H groups in total. The van der Waals surface area contributed by atoms with Gasteiger partial charge in [-0.2, -0.15) is 0 Å². The molecule has 7 nitrogen and oxygen atoms in total. The molecule has 22 heavy (non-hydrogen) atoms. The van der Waals surface area contributed by atoms with E-state index in [1.54, 1.807) is 6.92 Å². The second kappa shape index (κ2) is 7.58. The fourth-order valence-electron chi connectivity index (χ4n) is 1.95. The highest BCUT2D eigenvalue weighted by Gasteiger charge is 2.18. The molecule has 0 radical (unpaired) electrons. The quantitative estimate of drug-likeness (QED) is 0.349. The van der Waals surface area contributed by atoms with E-state index < -0.39 is 5.91 Å². The molecule has 0 unspecified atom stereocenters. The van der Waals surface area contributed by atoms with E-state index in [0.29, 0.717) is 31.1 Å². The molecule has 0 aliphatic rings. The van der Waals surface area contributed by atoms with Crippen molar-refractivity contribution >= 4 is 5.91 Å². The number of ether oxygens (including phenoxy) is 2. The first kappa shape index (κ1) is 16.0. The van der Waals surface area contributed by atoms with Crippen molar-refractivity contribution in [3.8, 4) is 17.1 Å². The Bertz CT molecular complexity index is 622. The standard InChI is InChI=1S/C15H19N3O4/c1-3-20-8-9-21-12-6-4-11(5-7-12)14-10(2)13(18-22-14)15(19)17-16/h4-7H,3,8-9,16H2,1-2H3,(H,17,19). The van der Waals surface area contributed by atoms with Gasteiger partial charge in [0, 0.05) is 17.7 Å². The molecular formula is C15H19N3O4. The van der Waals surface area contributed by atoms with Crippen LogP contribution in [-0.2, 0) is 4.74 Å². The summed E-state index contributed by atoms with van der Waals surface area (Å²) < 4.78 is 16.0. The number of rotatable bonds is 7. The third kappa shape index (κ3) is 3.63. The van der Waals surface area contributed by atoms with Gasteiger partial charge in [-0.25, -0.2) is 5.84 Å². The Kier molecular flexibility index (Phi) is 5.51. The first-order chi connectivity index (χ1) is 10.7. The number of hydrogen-bond acceptors (Lipinski definition) is 6. The minimum Gasteiger partial charge on any atom is -0.491 e. The Morgan fingerprint density at radius 3 is 2.68 bits per heavy atom. The van der Waals surface area contributed by atoms with Crippen molar-refractivity contribution in [2.75, 3.05) is 19.8 Å². The number of carbonyl (C=O) groups is 1. The number of hydrazine groups is 1. The van der Waals surface area contributed by atoms with Crippen LogP contribution in [-0.4, -0.2) is 30.9 Å². The Morgan fingerprint density at radius 2 is 2.05 bits per heavy atom. The van der Waals surface area contributed by atoms with Gasteiger partial charge in [0.1, 0.15) is 12.4 Å². The zero-order valence-corrected chi connectivity index (χ0v) is 12.6. The van der Waals surface area contributed by atoms with E-state index >= 15 is 0 Å². The first-order valence-corrected chi connectivity index (χ1v) is 6.95. The highest BCUT2D eigenvalue weighted by molar-refractivity contribution is 5.94. The Morgan fingerprint density at radius 1 is 1.32 bits per heavy atom. The largest absolute Gasteiger partial charge is 0.491 e. The molecule has 0 spiro atoms. The minimum atomic E-state index is -0.483. The monoisotopic (exact) mass is 305 g/mol. The Balaban J connectivity index is 2.07. The lowest BCUT2D eigenvalue weighted by Gasteiger charge is -2.06. The minimum absolute atomic E-state index is 0.176. The van der Waals surface area contributed by atoms with E-state index in [9.17, 15) is 4.79 Å². The molecule has 0 saturated carbocycles. The van der Waals surface area contributed by atoms with Crippen molar-refractivity contribution in [3.05, 3.63) is 35.5 Å². The van der Waals surface area contributed by atoms with Gasteiger partial charge in [0.25, 0.3) is 5.91 Å². The smallest absolute Gasteiger partial charge is 0.287 e. The number of nitrogens with zero attached hydrogens (tertiary/aromatic N) is 1. The van der Waals surface area contributed by atoms with Gasteiger partial charge in [0.05, 0.1) is 6.61 Å². The molecule has 1 aromatic carbocycles. The molecule has 118 valence electrons. The van der Waals surface area contributed by atoms with E-state index in [1.807, 2.05) is 36.6 Å². The summed E-state index contributed by atoms with van der Waals surface area (Å²) in [5.74, 6) is 5.88. The molecular weight excluding hydrogens is 286 g/mol. The van der Waals surface area contributed by atoms with Crippen LogP contribution < -0.4 is 16.0 Å². The molecule has 1 aromatic heterocycles. The summed E-state index contributed by atoms with van der Waals surface area (Å²) in [6, 6.07) is 7.33. The van der Waals surface area contributed by atoms with Crippen LogP contribution in [0.25, 0.3) is 11.3 Å². The van der Waals surface area contributed by atoms with Crippen molar-refractivity contribution < 1.29 is 18.8 Å². The van der Waals surface area contributed by atoms with Gasteiger partial charge in [-0.3, -0.25) is 10.2 Å². The van der Waals surface area contributed by atoms with Gasteiger partial charge in [0.2, 0.25) is 0 Å². The summed E-state index contributed by atoms with van der Waals surface area (Å²) in [6.45, 7) is 5.41. The summed E-state index contributed by atoms with van der Waals surface area (Å²) in [5, 5.41) is 3.74. The van der Waals surface area contributed by atoms with Gasteiger partial charge in [-0.05, 0) is 38.1 Å². The molecule has 7 heteroatoms. The third-order valence-electron chi connectivity index (χ3n) is 3.09. The molecule has 1 heterocycles. The molecule has 1 amide bonds. The van der Waals surface area contributed by atoms with Gasteiger partial charge in [-0.15, -0.1) is 0 Å². The fraction of sp³-hybridized carbons (Fsp3) is 0.333. The van der Waals surface area contributed by atoms with Crippen molar-refractivity contribution in [2.45, 2.75) is 13.8 Å². The number of nitrogens with two attached hydrogens (primary N) is 1. The highest BCUT2D eigenvalue weighted by atomic mass is 16.5. The van der Waals surface area contributed by atoms with Gasteiger partial charge < -0.3 is 14.0 Å². The lowest BCUT2D eigenvalue weighted by molar-refractivity contribution is 0.0944. The second-order valence-corrected chi connectivity index (χ2v) is 4.53. The van der Waals surface area contributed by atoms with E-state index in [-0.39, 0.29) is 5.69 Å². The van der Waals surface area contributed by atoms with Gasteiger partial charge in [0.15, 0.2) is 11.5 Å². The van der Waals surface area contributed by atoms with Crippen molar-refractivity contribution in [1.82, 2.24) is 10.6 Å². The highest BCUT2D eigenvalue weighted by Crippen LogP contribution is 2.27. The summed E-state index contributed by atoms with van der Waals surface area (Å²) in [4.78, 5) is 11.5. The van der Waals surface area contributed by atoms with Crippen LogP contribution in [0.1, 0.15) is 23.0 Å². The third-order valence-corrected chi connectivity index (χ3v) is 3.09. The predicted molar refractivity (Wildman–Crippen MR) is 80.3 cm³/mol. The zero-order chi connectivity index (χ0) is 15.9. The zero-order valence-electron chi connectivity index (χ0n) is 12.6. The van der Waals surface area contributed by atoms with E-state index in [1.165, 1.54) is 0 Å². The summed E-state index contributed by atoms with van der Waals surface area (Å²) in [5.41, 5.74) is 3.65. The van der Waals surface area contributed by atoms with Crippen LogP contribution >= 0.6 is 0 Å². The summed E-state index contributed by atoms with van der Waals surface area (Å²) in [7, 11) is 0. The van der Waals surface area contributed by atoms with Crippen LogP contribution in [0.5, 0.6) is 5.75 Å². The maximum Gasteiger partial charge on any atom is 0.287 e. The molecule has 0 saturated heterocycles. The van der Waals surface area contributed by atoms with Crippen LogP contribution in [0.4, 0.5) is 0 Å². The number of aromatic nitrogens is 1. The average Bonchev–Trinajstić information content (AvgIpc) is 2.93. The topological polar surface area (TPSA) is 99.6 Å². The lowest BCUT2D eigenvalue weighted by Crippen LogP contribution is -2.30. The van der Waals surface area contributed by atoms with E-state index in [0.717, 1.165) is 11.3 Å². The summed E-state index contributed by atoms with van der Waals surface area (Å²) in [6.07, 6.45) is 0. The molecule has 0 aliphatic carbocycles. The number of nitrogen functional groups attached to an aromatic ring is 1. The predicted octanol–water partition coefficient (Wildman–Crippen LogP) is 1.67. The van der Waals surface area contributed by atoms with Gasteiger partial charge in [-0.1, -0.05) is 5.16 Å². The number of carbonyl (C=O) groups excluding carboxylic acids is 1. The Labute approximate surface area is 128 Å². The first-order valence-electron chi connectivity index (χ1n) is 6.95. The van der Waals surface area contributed by atoms with Gasteiger partial charge >= 0.3 is 0 Å². The number of nitrogens with one attached hydrogen (secondary N) is 1. The van der Waals surface area contributed by atoms with Crippen LogP contribution in [0.15, 0.2) is 28.8 Å². The van der Waals surface area contributed by atoms with Crippen molar-refractivity contribution in [3.63, 3.8) is 0 Å². The van der Waals surface area contributed by atoms with Crippen molar-refractivity contribution in [2.24, 2.45) is 5.84 Å². The SMILES string of the molecule is CCOCCOc1ccc(-c2onc(C(=O)NN)c2C)cc1. The summed E-state index contributed by atoms with van der Waals surface area (Å²) >= 11 is 0. The fourth-order valence-corrected chi connectivity index (χ4v) is 1.95. The van der Waals surface area contributed by atoms with Crippen LogP contribution in [0.3, 0.4) is 0 Å². The van der Waals surface area contributed by atoms with Crippen LogP contribution in [0, 0.1) is 6.92 Å².